The molecule has 70 heavy (non-hydrogen) atoms. The van der Waals surface area contributed by atoms with E-state index >= 15 is 0 Å². The average Bonchev–Trinajstić information content (AvgIpc) is 4.15. The Hall–Kier alpha value is -9.26. The molecule has 0 aliphatic rings. The Balaban J connectivity index is 0.843. The Morgan fingerprint density at radius 2 is 0.657 bits per heavy atom. The Kier molecular flexibility index (Phi) is 8.10. The molecule has 0 aliphatic carbocycles. The molecule has 6 nitrogen and oxygen atoms in total. The number of rotatable bonds is 6. The maximum Gasteiger partial charge on any atom is 0.159 e. The number of furan rings is 4. The molecule has 330 valence electrons. The number of anilines is 6. The summed E-state index contributed by atoms with van der Waals surface area (Å²) in [6.07, 6.45) is 0. The van der Waals surface area contributed by atoms with E-state index in [0.717, 1.165) is 155 Å². The van der Waals surface area contributed by atoms with E-state index < -0.39 is 0 Å². The monoisotopic (exact) mass is 900 g/mol. The zero-order valence-corrected chi connectivity index (χ0v) is 38.2. The fourth-order valence-corrected chi connectivity index (χ4v) is 11.0. The lowest BCUT2D eigenvalue weighted by Crippen LogP contribution is -2.11. The molecule has 0 N–H and O–H groups in total. The highest BCUT2D eigenvalue weighted by Crippen LogP contribution is 2.47. The van der Waals surface area contributed by atoms with Gasteiger partial charge in [0.15, 0.2) is 11.2 Å². The second kappa shape index (κ2) is 14.6. The smallest absolute Gasteiger partial charge is 0.159 e. The number of fused-ring (bicyclic) bond motifs is 14. The van der Waals surface area contributed by atoms with Crippen molar-refractivity contribution in [2.24, 2.45) is 0 Å². The predicted octanol–water partition coefficient (Wildman–Crippen LogP) is 19.1. The van der Waals surface area contributed by atoms with Gasteiger partial charge in [-0.3, -0.25) is 0 Å². The van der Waals surface area contributed by atoms with Gasteiger partial charge in [-0.2, -0.15) is 0 Å². The van der Waals surface area contributed by atoms with Crippen LogP contribution in [-0.4, -0.2) is 0 Å². The lowest BCUT2D eigenvalue weighted by Gasteiger charge is -2.27. The van der Waals surface area contributed by atoms with Gasteiger partial charge in [0.25, 0.3) is 0 Å². The normalized spacial score (nSPS) is 12.1. The largest absolute Gasteiger partial charge is 0.456 e. The number of hydrogen-bond donors (Lipinski definition) is 0. The summed E-state index contributed by atoms with van der Waals surface area (Å²) in [4.78, 5) is 4.63. The molecule has 11 aromatic carbocycles. The van der Waals surface area contributed by atoms with Gasteiger partial charge in [0.1, 0.15) is 33.5 Å². The summed E-state index contributed by atoms with van der Waals surface area (Å²) in [6.45, 7) is 4.32. The Morgan fingerprint density at radius 3 is 1.14 bits per heavy atom. The number of aryl methyl sites for hydroxylation is 2. The van der Waals surface area contributed by atoms with Crippen molar-refractivity contribution >= 4 is 143 Å². The Labute approximate surface area is 400 Å². The lowest BCUT2D eigenvalue weighted by molar-refractivity contribution is 0.656. The summed E-state index contributed by atoms with van der Waals surface area (Å²) in [5.41, 5.74) is 15.2. The van der Waals surface area contributed by atoms with Gasteiger partial charge in [-0.25, -0.2) is 0 Å². The molecule has 0 atom stereocenters. The summed E-state index contributed by atoms with van der Waals surface area (Å²) >= 11 is 0. The van der Waals surface area contributed by atoms with E-state index in [1.165, 1.54) is 0 Å². The second-order valence-electron chi connectivity index (χ2n) is 18.6. The van der Waals surface area contributed by atoms with Crippen molar-refractivity contribution in [1.29, 1.82) is 0 Å². The molecule has 0 unspecified atom stereocenters. The highest BCUT2D eigenvalue weighted by molar-refractivity contribution is 6.19. The van der Waals surface area contributed by atoms with Crippen LogP contribution in [0.3, 0.4) is 0 Å². The number of hydrogen-bond acceptors (Lipinski definition) is 6. The summed E-state index contributed by atoms with van der Waals surface area (Å²) in [7, 11) is 0. The molecule has 6 heteroatoms. The summed E-state index contributed by atoms with van der Waals surface area (Å²) in [5, 5.41) is 13.0. The number of benzene rings is 11. The highest BCUT2D eigenvalue weighted by atomic mass is 16.3. The van der Waals surface area contributed by atoms with Crippen LogP contribution in [0.5, 0.6) is 0 Å². The fraction of sp³-hybridized carbons (Fsp3) is 0.0312. The van der Waals surface area contributed by atoms with E-state index in [-0.39, 0.29) is 0 Å². The third kappa shape index (κ3) is 5.74. The molecular formula is C64H40N2O4. The van der Waals surface area contributed by atoms with Crippen molar-refractivity contribution in [3.8, 4) is 0 Å². The van der Waals surface area contributed by atoms with Crippen molar-refractivity contribution in [3.63, 3.8) is 0 Å². The number of para-hydroxylation sites is 6. The van der Waals surface area contributed by atoms with Gasteiger partial charge in [0.05, 0.1) is 11.4 Å². The molecular weight excluding hydrogens is 861 g/mol. The average molecular weight is 901 g/mol. The molecule has 0 bridgehead atoms. The molecule has 15 aromatic rings. The molecule has 0 radical (unpaired) electrons. The van der Waals surface area contributed by atoms with Crippen LogP contribution in [0, 0.1) is 13.8 Å². The third-order valence-electron chi connectivity index (χ3n) is 14.4. The van der Waals surface area contributed by atoms with Crippen molar-refractivity contribution in [3.05, 3.63) is 217 Å². The van der Waals surface area contributed by atoms with Crippen LogP contribution >= 0.6 is 0 Å². The van der Waals surface area contributed by atoms with Crippen molar-refractivity contribution in [2.45, 2.75) is 13.8 Å². The molecule has 0 fully saturated rings. The van der Waals surface area contributed by atoms with Crippen LogP contribution in [0.25, 0.3) is 109 Å². The molecule has 0 saturated carbocycles. The van der Waals surface area contributed by atoms with Crippen LogP contribution in [0.2, 0.25) is 0 Å². The lowest BCUT2D eigenvalue weighted by atomic mass is 10.0. The molecule has 0 amide bonds. The molecule has 4 aromatic heterocycles. The number of nitrogens with zero attached hydrogens (tertiary/aromatic N) is 2. The first-order chi connectivity index (χ1) is 34.5. The highest BCUT2D eigenvalue weighted by Gasteiger charge is 2.24. The van der Waals surface area contributed by atoms with Gasteiger partial charge in [0, 0.05) is 71.9 Å². The van der Waals surface area contributed by atoms with E-state index in [9.17, 15) is 0 Å². The van der Waals surface area contributed by atoms with Crippen molar-refractivity contribution in [1.82, 2.24) is 0 Å². The summed E-state index contributed by atoms with van der Waals surface area (Å²) < 4.78 is 26.6. The standard InChI is InChI=1S/C64H40N2O4/c1-37-13-3-7-19-53(37)65(55-21-11-17-47-45-15-5-9-23-57(45)69-63(47)55)43-27-25-39-31-49-51-35-52-50-32-40-26-28-44(30-42(40)34-60(50)68-62(52)36-61(51)67-59(49)33-41(39)29-43)66(54-20-8-4-14-38(54)2)56-22-12-18-48-46-16-6-10-24-58(46)70-64(48)56/h3-36H,1-2H3. The van der Waals surface area contributed by atoms with Gasteiger partial charge < -0.3 is 27.5 Å². The van der Waals surface area contributed by atoms with Gasteiger partial charge in [-0.1, -0.05) is 109 Å². The third-order valence-corrected chi connectivity index (χ3v) is 14.4. The topological polar surface area (TPSA) is 59.0 Å². The van der Waals surface area contributed by atoms with Crippen LogP contribution in [-0.2, 0) is 0 Å². The first-order valence-corrected chi connectivity index (χ1v) is 23.7. The maximum absolute atomic E-state index is 6.71. The van der Waals surface area contributed by atoms with Gasteiger partial charge in [-0.05, 0) is 138 Å². The minimum absolute atomic E-state index is 0.788. The zero-order valence-electron chi connectivity index (χ0n) is 38.2. The van der Waals surface area contributed by atoms with Crippen molar-refractivity contribution < 1.29 is 17.7 Å². The summed E-state index contributed by atoms with van der Waals surface area (Å²) in [5.74, 6) is 0. The van der Waals surface area contributed by atoms with E-state index in [2.05, 4.69) is 206 Å². The van der Waals surface area contributed by atoms with Crippen LogP contribution in [0.15, 0.2) is 224 Å². The molecule has 0 saturated heterocycles. The molecule has 0 aliphatic heterocycles. The maximum atomic E-state index is 6.71. The van der Waals surface area contributed by atoms with Crippen LogP contribution in [0.1, 0.15) is 11.1 Å². The first-order valence-electron chi connectivity index (χ1n) is 23.7. The van der Waals surface area contributed by atoms with E-state index in [1.807, 2.05) is 24.3 Å². The fourth-order valence-electron chi connectivity index (χ4n) is 11.0. The molecule has 15 rings (SSSR count). The Morgan fingerprint density at radius 1 is 0.257 bits per heavy atom. The van der Waals surface area contributed by atoms with E-state index in [0.29, 0.717) is 0 Å². The predicted molar refractivity (Wildman–Crippen MR) is 289 cm³/mol. The summed E-state index contributed by atoms with van der Waals surface area (Å²) in [6, 6.07) is 72.9. The van der Waals surface area contributed by atoms with Crippen molar-refractivity contribution in [2.75, 3.05) is 9.80 Å². The van der Waals surface area contributed by atoms with Gasteiger partial charge in [-0.15, -0.1) is 0 Å². The second-order valence-corrected chi connectivity index (χ2v) is 18.6. The molecule has 4 heterocycles. The van der Waals surface area contributed by atoms with Gasteiger partial charge in [0.2, 0.25) is 0 Å². The van der Waals surface area contributed by atoms with E-state index in [1.54, 1.807) is 0 Å². The van der Waals surface area contributed by atoms with Crippen LogP contribution in [0.4, 0.5) is 34.1 Å². The van der Waals surface area contributed by atoms with E-state index in [4.69, 9.17) is 17.7 Å². The SMILES string of the molecule is Cc1ccccc1N(c1ccc2cc3c(cc2c1)oc1cc2oc4cc5cc(N(c6ccccc6C)c6cccc7c6oc6ccccc67)ccc5cc4c2cc13)c1cccc2c1oc1ccccc12. The zero-order chi connectivity index (χ0) is 46.2. The first kappa shape index (κ1) is 38.8. The quantitative estimate of drug-likeness (QED) is 0.166. The van der Waals surface area contributed by atoms with Crippen LogP contribution < -0.4 is 9.80 Å². The minimum Gasteiger partial charge on any atom is -0.456 e. The van der Waals surface area contributed by atoms with Gasteiger partial charge >= 0.3 is 0 Å². The molecule has 0 spiro atoms. The minimum atomic E-state index is 0.788. The Bertz CT molecular complexity index is 4370.